The molecule has 1 aliphatic heterocycles. The van der Waals surface area contributed by atoms with Crippen molar-refractivity contribution in [3.05, 3.63) is 54.6 Å². The number of piperidine rings is 1. The highest BCUT2D eigenvalue weighted by atomic mass is 32.2. The van der Waals surface area contributed by atoms with Gasteiger partial charge in [-0.05, 0) is 18.3 Å². The zero-order chi connectivity index (χ0) is 19.5. The van der Waals surface area contributed by atoms with Crippen molar-refractivity contribution in [2.24, 2.45) is 11.8 Å². The Morgan fingerprint density at radius 3 is 2.32 bits per heavy atom. The van der Waals surface area contributed by atoms with Crippen LogP contribution in [0.25, 0.3) is 22.0 Å². The summed E-state index contributed by atoms with van der Waals surface area (Å²) in [7, 11) is 0. The van der Waals surface area contributed by atoms with Gasteiger partial charge < -0.3 is 4.90 Å². The number of fused-ring (bicyclic) bond motifs is 1. The van der Waals surface area contributed by atoms with Crippen molar-refractivity contribution < 1.29 is 4.79 Å². The summed E-state index contributed by atoms with van der Waals surface area (Å²) in [5.74, 6) is 1.75. The van der Waals surface area contributed by atoms with Crippen LogP contribution in [-0.2, 0) is 4.79 Å². The fraction of sp³-hybridized carbons (Fsp3) is 0.348. The Labute approximate surface area is 170 Å². The number of hydrogen-bond donors (Lipinski definition) is 0. The SMILES string of the molecule is C[C@H]1C[C@H](C)CN(C(=O)CSc2nnc(-c3ccccc3)c3ccccc23)C1. The smallest absolute Gasteiger partial charge is 0.233 e. The quantitative estimate of drug-likeness (QED) is 0.594. The van der Waals surface area contributed by atoms with Gasteiger partial charge in [0.1, 0.15) is 10.7 Å². The molecule has 28 heavy (non-hydrogen) atoms. The zero-order valence-corrected chi connectivity index (χ0v) is 17.2. The Hall–Kier alpha value is -2.40. The van der Waals surface area contributed by atoms with Gasteiger partial charge in [-0.25, -0.2) is 0 Å². The minimum Gasteiger partial charge on any atom is -0.341 e. The van der Waals surface area contributed by atoms with Crippen molar-refractivity contribution in [1.29, 1.82) is 0 Å². The highest BCUT2D eigenvalue weighted by Crippen LogP contribution is 2.32. The number of benzene rings is 2. The van der Waals surface area contributed by atoms with Gasteiger partial charge in [0.15, 0.2) is 0 Å². The van der Waals surface area contributed by atoms with Gasteiger partial charge in [0.25, 0.3) is 0 Å². The first-order chi connectivity index (χ1) is 13.6. The molecule has 1 fully saturated rings. The number of likely N-dealkylation sites (tertiary alicyclic amines) is 1. The van der Waals surface area contributed by atoms with Crippen LogP contribution < -0.4 is 0 Å². The van der Waals surface area contributed by atoms with Gasteiger partial charge in [-0.15, -0.1) is 10.2 Å². The molecular weight excluding hydrogens is 366 g/mol. The molecular formula is C23H25N3OS. The largest absolute Gasteiger partial charge is 0.341 e. The number of rotatable bonds is 4. The van der Waals surface area contributed by atoms with Gasteiger partial charge in [-0.2, -0.15) is 0 Å². The Bertz CT molecular complexity index is 966. The number of amides is 1. The molecule has 1 amide bonds. The van der Waals surface area contributed by atoms with E-state index in [1.165, 1.54) is 18.2 Å². The second-order valence-electron chi connectivity index (χ2n) is 7.80. The molecule has 2 atom stereocenters. The predicted molar refractivity (Wildman–Crippen MR) is 115 cm³/mol. The first-order valence-corrected chi connectivity index (χ1v) is 10.8. The second-order valence-corrected chi connectivity index (χ2v) is 8.76. The van der Waals surface area contributed by atoms with Crippen LogP contribution in [0.1, 0.15) is 20.3 Å². The van der Waals surface area contributed by atoms with Crippen LogP contribution in [0.2, 0.25) is 0 Å². The van der Waals surface area contributed by atoms with E-state index < -0.39 is 0 Å². The second kappa shape index (κ2) is 8.31. The maximum Gasteiger partial charge on any atom is 0.233 e. The van der Waals surface area contributed by atoms with Crippen molar-refractivity contribution in [2.45, 2.75) is 25.3 Å². The van der Waals surface area contributed by atoms with Gasteiger partial charge in [-0.1, -0.05) is 80.2 Å². The lowest BCUT2D eigenvalue weighted by atomic mass is 9.92. The molecule has 0 N–H and O–H groups in total. The van der Waals surface area contributed by atoms with Gasteiger partial charge >= 0.3 is 0 Å². The molecule has 1 aliphatic rings. The van der Waals surface area contributed by atoms with E-state index >= 15 is 0 Å². The van der Waals surface area contributed by atoms with Crippen molar-refractivity contribution in [1.82, 2.24) is 15.1 Å². The monoisotopic (exact) mass is 391 g/mol. The molecule has 0 aliphatic carbocycles. The van der Waals surface area contributed by atoms with Crippen molar-refractivity contribution in [3.8, 4) is 11.3 Å². The third-order valence-electron chi connectivity index (χ3n) is 5.25. The number of aromatic nitrogens is 2. The van der Waals surface area contributed by atoms with Crippen LogP contribution in [0.4, 0.5) is 0 Å². The fourth-order valence-electron chi connectivity index (χ4n) is 4.08. The van der Waals surface area contributed by atoms with E-state index in [0.29, 0.717) is 17.6 Å². The lowest BCUT2D eigenvalue weighted by molar-refractivity contribution is -0.130. The molecule has 5 heteroatoms. The lowest BCUT2D eigenvalue weighted by Gasteiger charge is -2.35. The maximum atomic E-state index is 12.7. The van der Waals surface area contributed by atoms with Gasteiger partial charge in [0, 0.05) is 29.4 Å². The Kier molecular flexibility index (Phi) is 5.62. The maximum absolute atomic E-state index is 12.7. The molecule has 0 radical (unpaired) electrons. The molecule has 1 saturated heterocycles. The number of carbonyl (C=O) groups excluding carboxylic acids is 1. The normalized spacial score (nSPS) is 19.7. The van der Waals surface area contributed by atoms with E-state index in [9.17, 15) is 4.79 Å². The molecule has 2 aromatic carbocycles. The predicted octanol–water partition coefficient (Wildman–Crippen LogP) is 4.89. The molecule has 0 spiro atoms. The number of thioether (sulfide) groups is 1. The van der Waals surface area contributed by atoms with E-state index in [1.54, 1.807) is 0 Å². The minimum absolute atomic E-state index is 0.196. The summed E-state index contributed by atoms with van der Waals surface area (Å²) < 4.78 is 0. The van der Waals surface area contributed by atoms with Crippen LogP contribution in [0.3, 0.4) is 0 Å². The first kappa shape index (κ1) is 18.9. The Morgan fingerprint density at radius 2 is 1.61 bits per heavy atom. The fourth-order valence-corrected chi connectivity index (χ4v) is 4.96. The number of carbonyl (C=O) groups is 1. The summed E-state index contributed by atoms with van der Waals surface area (Å²) in [6.45, 7) is 6.18. The lowest BCUT2D eigenvalue weighted by Crippen LogP contribution is -2.43. The van der Waals surface area contributed by atoms with Gasteiger partial charge in [0.05, 0.1) is 5.75 Å². The minimum atomic E-state index is 0.196. The topological polar surface area (TPSA) is 46.1 Å². The molecule has 0 saturated carbocycles. The highest BCUT2D eigenvalue weighted by Gasteiger charge is 2.25. The Balaban J connectivity index is 1.56. The van der Waals surface area contributed by atoms with E-state index in [-0.39, 0.29) is 5.91 Å². The number of hydrogen-bond acceptors (Lipinski definition) is 4. The zero-order valence-electron chi connectivity index (χ0n) is 16.3. The van der Waals surface area contributed by atoms with Crippen molar-refractivity contribution >= 4 is 28.4 Å². The molecule has 4 rings (SSSR count). The summed E-state index contributed by atoms with van der Waals surface area (Å²) in [6.07, 6.45) is 1.20. The van der Waals surface area contributed by atoms with Crippen LogP contribution in [0.5, 0.6) is 0 Å². The molecule has 1 aromatic heterocycles. The molecule has 4 nitrogen and oxygen atoms in total. The van der Waals surface area contributed by atoms with Crippen LogP contribution >= 0.6 is 11.8 Å². The average molecular weight is 392 g/mol. The standard InChI is InChI=1S/C23H25N3OS/c1-16-12-17(2)14-26(13-16)21(27)15-28-23-20-11-7-6-10-19(20)22(24-25-23)18-8-4-3-5-9-18/h3-11,16-17H,12-15H2,1-2H3/t16-,17-/m0/s1. The van der Waals surface area contributed by atoms with E-state index in [0.717, 1.165) is 40.1 Å². The van der Waals surface area contributed by atoms with Crippen molar-refractivity contribution in [3.63, 3.8) is 0 Å². The summed E-state index contributed by atoms with van der Waals surface area (Å²) in [5, 5.41) is 11.9. The van der Waals surface area contributed by atoms with Crippen LogP contribution in [-0.4, -0.2) is 39.8 Å². The van der Waals surface area contributed by atoms with Crippen LogP contribution in [0.15, 0.2) is 59.6 Å². The molecule has 0 unspecified atom stereocenters. The molecule has 144 valence electrons. The third kappa shape index (κ3) is 4.04. The van der Waals surface area contributed by atoms with Crippen molar-refractivity contribution in [2.75, 3.05) is 18.8 Å². The molecule has 0 bridgehead atoms. The van der Waals surface area contributed by atoms with Crippen LogP contribution in [0, 0.1) is 11.8 Å². The summed E-state index contributed by atoms with van der Waals surface area (Å²) in [6, 6.07) is 18.3. The molecule has 2 heterocycles. The summed E-state index contributed by atoms with van der Waals surface area (Å²) in [5.41, 5.74) is 1.93. The highest BCUT2D eigenvalue weighted by molar-refractivity contribution is 8.00. The van der Waals surface area contributed by atoms with Gasteiger partial charge in [0.2, 0.25) is 5.91 Å². The average Bonchev–Trinajstić information content (AvgIpc) is 2.71. The third-order valence-corrected chi connectivity index (χ3v) is 6.22. The first-order valence-electron chi connectivity index (χ1n) is 9.83. The summed E-state index contributed by atoms with van der Waals surface area (Å²) in [4.78, 5) is 14.8. The summed E-state index contributed by atoms with van der Waals surface area (Å²) >= 11 is 1.49. The van der Waals surface area contributed by atoms with Gasteiger partial charge in [-0.3, -0.25) is 4.79 Å². The Morgan fingerprint density at radius 1 is 0.964 bits per heavy atom. The molecule has 3 aromatic rings. The number of nitrogens with zero attached hydrogens (tertiary/aromatic N) is 3. The van der Waals surface area contributed by atoms with E-state index in [1.807, 2.05) is 47.4 Å². The van der Waals surface area contributed by atoms with E-state index in [2.05, 4.69) is 36.2 Å². The van der Waals surface area contributed by atoms with E-state index in [4.69, 9.17) is 0 Å².